The van der Waals surface area contributed by atoms with Crippen LogP contribution in [0.3, 0.4) is 0 Å². The Balaban J connectivity index is 1.63. The van der Waals surface area contributed by atoms with Gasteiger partial charge in [-0.25, -0.2) is 0 Å². The van der Waals surface area contributed by atoms with E-state index in [1.165, 1.54) is 10.4 Å². The smallest absolute Gasteiger partial charge is 0.248 e. The summed E-state index contributed by atoms with van der Waals surface area (Å²) in [4.78, 5) is 27.1. The third kappa shape index (κ3) is 3.28. The van der Waals surface area contributed by atoms with E-state index in [2.05, 4.69) is 23.7 Å². The van der Waals surface area contributed by atoms with Crippen LogP contribution in [0, 0.1) is 0 Å². The van der Waals surface area contributed by atoms with E-state index < -0.39 is 5.91 Å². The van der Waals surface area contributed by atoms with Gasteiger partial charge in [-0.3, -0.25) is 9.59 Å². The number of nitrogens with one attached hydrogen (secondary N) is 1. The largest absolute Gasteiger partial charge is 0.376 e. The molecule has 1 atom stereocenters. The Morgan fingerprint density at radius 2 is 2.04 bits per heavy atom. The molecule has 3 N–H and O–H groups in total. The summed E-state index contributed by atoms with van der Waals surface area (Å²) in [6.45, 7) is 3.13. The van der Waals surface area contributed by atoms with Crippen molar-refractivity contribution >= 4 is 28.8 Å². The molecule has 2 amide bonds. The van der Waals surface area contributed by atoms with Crippen LogP contribution in [-0.2, 0) is 11.2 Å². The summed E-state index contributed by atoms with van der Waals surface area (Å²) in [5.74, 6) is -0.360. The molecular formula is C18H21N3O2S. The van der Waals surface area contributed by atoms with Crippen LogP contribution in [0.1, 0.15) is 40.2 Å². The molecule has 1 aromatic heterocycles. The second-order valence-corrected chi connectivity index (χ2v) is 6.86. The zero-order valence-corrected chi connectivity index (χ0v) is 14.4. The number of benzene rings is 1. The molecule has 126 valence electrons. The number of anilines is 1. The van der Waals surface area contributed by atoms with Gasteiger partial charge in [-0.05, 0) is 54.1 Å². The second kappa shape index (κ2) is 7.05. The minimum atomic E-state index is -0.455. The first-order chi connectivity index (χ1) is 11.6. The molecule has 1 aromatic carbocycles. The van der Waals surface area contributed by atoms with Crippen LogP contribution in [0.4, 0.5) is 5.69 Å². The molecule has 1 aliphatic rings. The number of nitrogens with two attached hydrogens (primary N) is 1. The highest BCUT2D eigenvalue weighted by Crippen LogP contribution is 2.35. The maximum absolute atomic E-state index is 12.6. The number of primary amides is 1. The van der Waals surface area contributed by atoms with E-state index in [1.54, 1.807) is 35.6 Å². The zero-order valence-electron chi connectivity index (χ0n) is 13.6. The van der Waals surface area contributed by atoms with Gasteiger partial charge in [0.1, 0.15) is 0 Å². The molecule has 3 rings (SSSR count). The summed E-state index contributed by atoms with van der Waals surface area (Å²) in [6, 6.07) is 9.15. The highest BCUT2D eigenvalue weighted by atomic mass is 32.1. The number of rotatable bonds is 5. The van der Waals surface area contributed by atoms with Crippen molar-refractivity contribution in [2.24, 2.45) is 5.73 Å². The molecule has 0 fully saturated rings. The van der Waals surface area contributed by atoms with E-state index in [0.717, 1.165) is 25.1 Å². The fraction of sp³-hybridized carbons (Fsp3) is 0.333. The van der Waals surface area contributed by atoms with Gasteiger partial charge in [0.2, 0.25) is 11.8 Å². The Labute approximate surface area is 145 Å². The normalized spacial score (nSPS) is 16.5. The summed E-state index contributed by atoms with van der Waals surface area (Å²) in [7, 11) is 0. The third-order valence-electron chi connectivity index (χ3n) is 4.42. The molecule has 0 saturated heterocycles. The lowest BCUT2D eigenvalue weighted by atomic mass is 9.98. The van der Waals surface area contributed by atoms with E-state index in [4.69, 9.17) is 5.73 Å². The fourth-order valence-corrected chi connectivity index (χ4v) is 4.09. The monoisotopic (exact) mass is 343 g/mol. The van der Waals surface area contributed by atoms with Gasteiger partial charge in [0.05, 0.1) is 12.6 Å². The molecule has 2 aromatic rings. The van der Waals surface area contributed by atoms with Crippen molar-refractivity contribution in [3.05, 3.63) is 51.7 Å². The van der Waals surface area contributed by atoms with Crippen molar-refractivity contribution in [2.45, 2.75) is 25.8 Å². The summed E-state index contributed by atoms with van der Waals surface area (Å²) < 4.78 is 0. The average Bonchev–Trinajstić information content (AvgIpc) is 3.07. The van der Waals surface area contributed by atoms with Crippen LogP contribution >= 0.6 is 11.3 Å². The van der Waals surface area contributed by atoms with Gasteiger partial charge in [0.15, 0.2) is 0 Å². The molecular weight excluding hydrogens is 322 g/mol. The first-order valence-electron chi connectivity index (χ1n) is 8.09. The summed E-state index contributed by atoms with van der Waals surface area (Å²) in [5, 5.41) is 5.24. The van der Waals surface area contributed by atoms with Crippen LogP contribution in [0.25, 0.3) is 0 Å². The predicted molar refractivity (Wildman–Crippen MR) is 96.2 cm³/mol. The lowest BCUT2D eigenvalue weighted by Gasteiger charge is -2.35. The number of amides is 2. The quantitative estimate of drug-likeness (QED) is 0.876. The Bertz CT molecular complexity index is 739. The molecule has 1 aliphatic heterocycles. The van der Waals surface area contributed by atoms with E-state index in [9.17, 15) is 9.59 Å². The molecule has 6 heteroatoms. The minimum absolute atomic E-state index is 0.0951. The molecule has 0 radical (unpaired) electrons. The molecule has 2 heterocycles. The van der Waals surface area contributed by atoms with Crippen molar-refractivity contribution in [2.75, 3.05) is 18.4 Å². The van der Waals surface area contributed by atoms with Gasteiger partial charge < -0.3 is 16.0 Å². The van der Waals surface area contributed by atoms with E-state index in [-0.39, 0.29) is 18.5 Å². The maximum Gasteiger partial charge on any atom is 0.248 e. The first-order valence-corrected chi connectivity index (χ1v) is 8.97. The number of hydrogen-bond acceptors (Lipinski definition) is 4. The number of thiophene rings is 1. The minimum Gasteiger partial charge on any atom is -0.376 e. The van der Waals surface area contributed by atoms with Crippen LogP contribution in [0.15, 0.2) is 35.7 Å². The Kier molecular flexibility index (Phi) is 4.85. The molecule has 5 nitrogen and oxygen atoms in total. The number of carbonyl (C=O) groups is 2. The summed E-state index contributed by atoms with van der Waals surface area (Å²) in [6.07, 6.45) is 1.85. The number of nitrogens with zero attached hydrogens (tertiary/aromatic N) is 1. The number of carbonyl (C=O) groups excluding carboxylic acids is 2. The van der Waals surface area contributed by atoms with Crippen molar-refractivity contribution in [3.8, 4) is 0 Å². The van der Waals surface area contributed by atoms with E-state index in [1.807, 2.05) is 4.90 Å². The molecule has 0 saturated carbocycles. The Morgan fingerprint density at radius 1 is 1.29 bits per heavy atom. The zero-order chi connectivity index (χ0) is 17.1. The maximum atomic E-state index is 12.6. The van der Waals surface area contributed by atoms with Crippen molar-refractivity contribution in [1.29, 1.82) is 0 Å². The van der Waals surface area contributed by atoms with Gasteiger partial charge in [0, 0.05) is 22.7 Å². The number of hydrogen-bond donors (Lipinski definition) is 2. The molecule has 0 aliphatic carbocycles. The second-order valence-electron chi connectivity index (χ2n) is 5.86. The SMILES string of the molecule is CCC1c2ccsc2CCN1C(=O)CNc1ccc(C(N)=O)cc1. The van der Waals surface area contributed by atoms with Crippen molar-refractivity contribution < 1.29 is 9.59 Å². The first kappa shape index (κ1) is 16.5. The van der Waals surface area contributed by atoms with E-state index >= 15 is 0 Å². The fourth-order valence-electron chi connectivity index (χ4n) is 3.17. The molecule has 24 heavy (non-hydrogen) atoms. The summed E-state index contributed by atoms with van der Waals surface area (Å²) >= 11 is 1.78. The summed E-state index contributed by atoms with van der Waals surface area (Å²) in [5.41, 5.74) is 7.78. The van der Waals surface area contributed by atoms with Crippen molar-refractivity contribution in [3.63, 3.8) is 0 Å². The van der Waals surface area contributed by atoms with Gasteiger partial charge in [-0.2, -0.15) is 0 Å². The lowest BCUT2D eigenvalue weighted by molar-refractivity contribution is -0.132. The predicted octanol–water partition coefficient (Wildman–Crippen LogP) is 2.79. The topological polar surface area (TPSA) is 75.4 Å². The van der Waals surface area contributed by atoms with Crippen LogP contribution in [0.2, 0.25) is 0 Å². The van der Waals surface area contributed by atoms with E-state index in [0.29, 0.717) is 5.56 Å². The third-order valence-corrected chi connectivity index (χ3v) is 5.41. The highest BCUT2D eigenvalue weighted by molar-refractivity contribution is 7.10. The van der Waals surface area contributed by atoms with Crippen LogP contribution < -0.4 is 11.1 Å². The lowest BCUT2D eigenvalue weighted by Crippen LogP contribution is -2.42. The van der Waals surface area contributed by atoms with Crippen LogP contribution in [0.5, 0.6) is 0 Å². The number of fused-ring (bicyclic) bond motifs is 1. The molecule has 0 spiro atoms. The highest BCUT2D eigenvalue weighted by Gasteiger charge is 2.29. The molecule has 1 unspecified atom stereocenters. The van der Waals surface area contributed by atoms with Crippen molar-refractivity contribution in [1.82, 2.24) is 4.90 Å². The van der Waals surface area contributed by atoms with Gasteiger partial charge in [0.25, 0.3) is 0 Å². The van der Waals surface area contributed by atoms with Gasteiger partial charge >= 0.3 is 0 Å². The standard InChI is InChI=1S/C18H21N3O2S/c1-2-15-14-8-10-24-16(14)7-9-21(15)17(22)11-20-13-5-3-12(4-6-13)18(19)23/h3-6,8,10,15,20H,2,7,9,11H2,1H3,(H2,19,23). The van der Waals surface area contributed by atoms with Gasteiger partial charge in [-0.15, -0.1) is 11.3 Å². The van der Waals surface area contributed by atoms with Crippen LogP contribution in [-0.4, -0.2) is 29.8 Å². The Morgan fingerprint density at radius 3 is 2.71 bits per heavy atom. The Hall–Kier alpha value is -2.34. The average molecular weight is 343 g/mol. The van der Waals surface area contributed by atoms with Gasteiger partial charge in [-0.1, -0.05) is 6.92 Å². The molecule has 0 bridgehead atoms.